The van der Waals surface area contributed by atoms with Gasteiger partial charge in [-0.05, 0) is 47.7 Å². The molecular weight excluding hydrogens is 328 g/mol. The van der Waals surface area contributed by atoms with Gasteiger partial charge in [0, 0.05) is 16.4 Å². The van der Waals surface area contributed by atoms with Gasteiger partial charge in [0.15, 0.2) is 0 Å². The summed E-state index contributed by atoms with van der Waals surface area (Å²) in [5, 5.41) is 0. The van der Waals surface area contributed by atoms with Crippen LogP contribution >= 0.6 is 15.9 Å². The fraction of sp³-hybridized carbons (Fsp3) is 0.294. The number of rotatable bonds is 5. The highest BCUT2D eigenvalue weighted by Gasteiger charge is 2.32. The molecule has 3 N–H and O–H groups in total. The molecular formula is C17H19BrN2O. The molecule has 2 aromatic carbocycles. The number of fused-ring (bicyclic) bond motifs is 1. The Balaban J connectivity index is 1.82. The van der Waals surface area contributed by atoms with Crippen LogP contribution in [-0.4, -0.2) is 13.2 Å². The van der Waals surface area contributed by atoms with Crippen molar-refractivity contribution in [2.24, 2.45) is 5.84 Å². The van der Waals surface area contributed by atoms with E-state index < -0.39 is 0 Å². The number of benzene rings is 2. The lowest BCUT2D eigenvalue weighted by atomic mass is 9.72. The Bertz CT molecular complexity index is 644. The standard InChI is InChI=1S/C17H19BrN2O/c1-21-17-7-6-13(18)8-12(17)10-16(20-19)15-9-11-4-2-3-5-14(11)15/h2-8,15-16,20H,9-10,19H2,1H3. The van der Waals surface area contributed by atoms with Crippen LogP contribution in [0.25, 0.3) is 0 Å². The minimum absolute atomic E-state index is 0.211. The third-order valence-electron chi connectivity index (χ3n) is 4.28. The van der Waals surface area contributed by atoms with E-state index in [0.717, 1.165) is 23.1 Å². The zero-order chi connectivity index (χ0) is 14.8. The highest BCUT2D eigenvalue weighted by atomic mass is 79.9. The van der Waals surface area contributed by atoms with Crippen LogP contribution < -0.4 is 16.0 Å². The molecule has 0 radical (unpaired) electrons. The maximum atomic E-state index is 5.82. The van der Waals surface area contributed by atoms with Gasteiger partial charge in [-0.25, -0.2) is 0 Å². The van der Waals surface area contributed by atoms with Gasteiger partial charge in [-0.3, -0.25) is 11.3 Å². The molecule has 2 atom stereocenters. The van der Waals surface area contributed by atoms with Gasteiger partial charge in [-0.2, -0.15) is 0 Å². The number of methoxy groups -OCH3 is 1. The lowest BCUT2D eigenvalue weighted by Gasteiger charge is -2.36. The molecule has 2 aromatic rings. The van der Waals surface area contributed by atoms with Crippen LogP contribution in [0.5, 0.6) is 5.75 Å². The summed E-state index contributed by atoms with van der Waals surface area (Å²) < 4.78 is 6.52. The fourth-order valence-electron chi connectivity index (χ4n) is 3.12. The molecule has 0 heterocycles. The summed E-state index contributed by atoms with van der Waals surface area (Å²) in [5.41, 5.74) is 7.00. The van der Waals surface area contributed by atoms with E-state index in [1.165, 1.54) is 16.7 Å². The molecule has 0 saturated carbocycles. The summed E-state index contributed by atoms with van der Waals surface area (Å²) in [7, 11) is 1.70. The van der Waals surface area contributed by atoms with E-state index in [-0.39, 0.29) is 6.04 Å². The molecule has 0 aromatic heterocycles. The third-order valence-corrected chi connectivity index (χ3v) is 4.77. The SMILES string of the molecule is COc1ccc(Br)cc1CC(NN)C1Cc2ccccc21. The van der Waals surface area contributed by atoms with Gasteiger partial charge < -0.3 is 4.74 Å². The zero-order valence-corrected chi connectivity index (χ0v) is 13.6. The average Bonchev–Trinajstić information content (AvgIpc) is 2.47. The van der Waals surface area contributed by atoms with Crippen molar-refractivity contribution in [3.05, 3.63) is 63.6 Å². The average molecular weight is 347 g/mol. The number of hydrogen-bond donors (Lipinski definition) is 2. The first-order chi connectivity index (χ1) is 10.2. The Labute approximate surface area is 133 Å². The van der Waals surface area contributed by atoms with E-state index >= 15 is 0 Å². The molecule has 0 spiro atoms. The topological polar surface area (TPSA) is 47.3 Å². The van der Waals surface area contributed by atoms with Gasteiger partial charge in [-0.1, -0.05) is 40.2 Å². The number of hydrogen-bond acceptors (Lipinski definition) is 3. The number of nitrogens with one attached hydrogen (secondary N) is 1. The van der Waals surface area contributed by atoms with Gasteiger partial charge in [0.2, 0.25) is 0 Å². The van der Waals surface area contributed by atoms with Gasteiger partial charge in [0.05, 0.1) is 7.11 Å². The second kappa shape index (κ2) is 6.18. The lowest BCUT2D eigenvalue weighted by Crippen LogP contribution is -2.45. The first kappa shape index (κ1) is 14.6. The van der Waals surface area contributed by atoms with Crippen LogP contribution in [-0.2, 0) is 12.8 Å². The Morgan fingerprint density at radius 3 is 2.86 bits per heavy atom. The van der Waals surface area contributed by atoms with Crippen molar-refractivity contribution in [3.63, 3.8) is 0 Å². The molecule has 110 valence electrons. The third kappa shape index (κ3) is 2.84. The van der Waals surface area contributed by atoms with Crippen molar-refractivity contribution in [3.8, 4) is 5.75 Å². The van der Waals surface area contributed by atoms with E-state index in [2.05, 4.69) is 51.7 Å². The van der Waals surface area contributed by atoms with Crippen LogP contribution in [0.3, 0.4) is 0 Å². The monoisotopic (exact) mass is 346 g/mol. The summed E-state index contributed by atoms with van der Waals surface area (Å²) in [6, 6.07) is 14.9. The number of hydrazine groups is 1. The van der Waals surface area contributed by atoms with Crippen molar-refractivity contribution in [2.45, 2.75) is 24.8 Å². The van der Waals surface area contributed by atoms with Crippen molar-refractivity contribution in [1.82, 2.24) is 5.43 Å². The van der Waals surface area contributed by atoms with E-state index in [0.29, 0.717) is 5.92 Å². The van der Waals surface area contributed by atoms with Crippen LogP contribution in [0.2, 0.25) is 0 Å². The molecule has 2 unspecified atom stereocenters. The number of ether oxygens (including phenoxy) is 1. The van der Waals surface area contributed by atoms with Crippen molar-refractivity contribution in [1.29, 1.82) is 0 Å². The Kier molecular flexibility index (Phi) is 4.29. The highest BCUT2D eigenvalue weighted by molar-refractivity contribution is 9.10. The molecule has 1 aliphatic carbocycles. The molecule has 1 aliphatic rings. The largest absolute Gasteiger partial charge is 0.496 e. The molecule has 3 nitrogen and oxygen atoms in total. The fourth-order valence-corrected chi connectivity index (χ4v) is 3.53. The molecule has 3 rings (SSSR count). The van der Waals surface area contributed by atoms with Gasteiger partial charge >= 0.3 is 0 Å². The zero-order valence-electron chi connectivity index (χ0n) is 12.0. The normalized spacial score (nSPS) is 17.8. The first-order valence-electron chi connectivity index (χ1n) is 7.09. The van der Waals surface area contributed by atoms with Crippen molar-refractivity contribution < 1.29 is 4.74 Å². The van der Waals surface area contributed by atoms with Crippen LogP contribution in [0.1, 0.15) is 22.6 Å². The Morgan fingerprint density at radius 1 is 1.33 bits per heavy atom. The van der Waals surface area contributed by atoms with Gasteiger partial charge in [0.25, 0.3) is 0 Å². The van der Waals surface area contributed by atoms with Crippen LogP contribution in [0.15, 0.2) is 46.9 Å². The van der Waals surface area contributed by atoms with Crippen molar-refractivity contribution >= 4 is 15.9 Å². The summed E-state index contributed by atoms with van der Waals surface area (Å²) in [6.07, 6.45) is 1.93. The Morgan fingerprint density at radius 2 is 2.14 bits per heavy atom. The van der Waals surface area contributed by atoms with Gasteiger partial charge in [0.1, 0.15) is 5.75 Å². The molecule has 4 heteroatoms. The molecule has 0 fully saturated rings. The summed E-state index contributed by atoms with van der Waals surface area (Å²) in [5.74, 6) is 7.19. The van der Waals surface area contributed by atoms with E-state index in [1.54, 1.807) is 7.11 Å². The summed E-state index contributed by atoms with van der Waals surface area (Å²) in [4.78, 5) is 0. The quantitative estimate of drug-likeness (QED) is 0.645. The minimum Gasteiger partial charge on any atom is -0.496 e. The lowest BCUT2D eigenvalue weighted by molar-refractivity contribution is 0.383. The first-order valence-corrected chi connectivity index (χ1v) is 7.88. The predicted molar refractivity (Wildman–Crippen MR) is 88.4 cm³/mol. The highest BCUT2D eigenvalue weighted by Crippen LogP contribution is 2.39. The molecule has 21 heavy (non-hydrogen) atoms. The molecule has 0 amide bonds. The smallest absolute Gasteiger partial charge is 0.122 e. The van der Waals surface area contributed by atoms with E-state index in [4.69, 9.17) is 10.6 Å². The molecule has 0 bridgehead atoms. The van der Waals surface area contributed by atoms with Crippen molar-refractivity contribution in [2.75, 3.05) is 7.11 Å². The second-order valence-electron chi connectivity index (χ2n) is 5.44. The second-order valence-corrected chi connectivity index (χ2v) is 6.36. The predicted octanol–water partition coefficient (Wildman–Crippen LogP) is 3.17. The maximum Gasteiger partial charge on any atom is 0.122 e. The van der Waals surface area contributed by atoms with Crippen LogP contribution in [0.4, 0.5) is 0 Å². The maximum absolute atomic E-state index is 5.82. The number of halogens is 1. The molecule has 0 aliphatic heterocycles. The summed E-state index contributed by atoms with van der Waals surface area (Å²) in [6.45, 7) is 0. The Hall–Kier alpha value is -1.36. The minimum atomic E-state index is 0.211. The van der Waals surface area contributed by atoms with Gasteiger partial charge in [-0.15, -0.1) is 0 Å². The molecule has 0 saturated heterocycles. The van der Waals surface area contributed by atoms with E-state index in [1.807, 2.05) is 12.1 Å². The summed E-state index contributed by atoms with van der Waals surface area (Å²) >= 11 is 3.52. The van der Waals surface area contributed by atoms with E-state index in [9.17, 15) is 0 Å². The van der Waals surface area contributed by atoms with Crippen LogP contribution in [0, 0.1) is 0 Å². The number of nitrogens with two attached hydrogens (primary N) is 1.